The number of ether oxygens (including phenoxy) is 1. The average Bonchev–Trinajstić information content (AvgIpc) is 2.51. The van der Waals surface area contributed by atoms with Crippen molar-refractivity contribution in [2.45, 2.75) is 13.8 Å². The summed E-state index contributed by atoms with van der Waals surface area (Å²) in [6.07, 6.45) is 0. The number of rotatable bonds is 5. The molecule has 0 atom stereocenters. The molecule has 0 spiro atoms. The molecule has 0 saturated carbocycles. The summed E-state index contributed by atoms with van der Waals surface area (Å²) in [6.45, 7) is 4.02. The van der Waals surface area contributed by atoms with Crippen molar-refractivity contribution in [3.63, 3.8) is 0 Å². The highest BCUT2D eigenvalue weighted by atomic mass is 79.9. The van der Waals surface area contributed by atoms with Crippen molar-refractivity contribution < 1.29 is 9.53 Å². The number of nitrogens with one attached hydrogen (secondary N) is 2. The molecule has 0 aliphatic heterocycles. The highest BCUT2D eigenvalue weighted by molar-refractivity contribution is 9.10. The molecule has 2 N–H and O–H groups in total. The molecule has 1 amide bonds. The maximum absolute atomic E-state index is 12.1. The van der Waals surface area contributed by atoms with Crippen LogP contribution < -0.4 is 15.4 Å². The summed E-state index contributed by atoms with van der Waals surface area (Å²) in [5.74, 6) is 0.460. The summed E-state index contributed by atoms with van der Waals surface area (Å²) in [5.41, 5.74) is 3.50. The molecule has 2 aromatic rings. The van der Waals surface area contributed by atoms with Crippen LogP contribution in [-0.2, 0) is 4.79 Å². The molecule has 0 heterocycles. The van der Waals surface area contributed by atoms with Gasteiger partial charge in [0.25, 0.3) is 0 Å². The largest absolute Gasteiger partial charge is 0.495 e. The Kier molecular flexibility index (Phi) is 5.91. The van der Waals surface area contributed by atoms with Crippen LogP contribution in [0.15, 0.2) is 34.8 Å². The van der Waals surface area contributed by atoms with Crippen LogP contribution in [-0.4, -0.2) is 19.6 Å². The third-order valence-corrected chi connectivity index (χ3v) is 4.64. The zero-order valence-electron chi connectivity index (χ0n) is 13.2. The molecule has 122 valence electrons. The molecule has 0 aromatic heterocycles. The smallest absolute Gasteiger partial charge is 0.243 e. The van der Waals surface area contributed by atoms with Crippen LogP contribution in [0, 0.1) is 13.8 Å². The molecular weight excluding hydrogens is 380 g/mol. The number of methoxy groups -OCH3 is 1. The number of carbonyl (C=O) groups is 1. The molecule has 0 fully saturated rings. The van der Waals surface area contributed by atoms with Crippen LogP contribution in [0.3, 0.4) is 0 Å². The highest BCUT2D eigenvalue weighted by Gasteiger charge is 2.09. The minimum Gasteiger partial charge on any atom is -0.495 e. The Labute approximate surface area is 149 Å². The molecule has 0 radical (unpaired) electrons. The van der Waals surface area contributed by atoms with E-state index in [1.807, 2.05) is 38.1 Å². The standard InChI is InChI=1S/C17H18BrClN2O2/c1-10-4-5-12(7-13(10)18)21-17(22)9-20-15-6-11(2)14(19)8-16(15)23-3/h4-8,20H,9H2,1-3H3,(H,21,22). The lowest BCUT2D eigenvalue weighted by Gasteiger charge is -2.13. The van der Waals surface area contributed by atoms with E-state index in [1.165, 1.54) is 0 Å². The quantitative estimate of drug-likeness (QED) is 0.763. The molecular formula is C17H18BrClN2O2. The Morgan fingerprint density at radius 2 is 1.96 bits per heavy atom. The van der Waals surface area contributed by atoms with Gasteiger partial charge in [-0.3, -0.25) is 4.79 Å². The molecule has 0 aliphatic carbocycles. The Morgan fingerprint density at radius 3 is 2.61 bits per heavy atom. The van der Waals surface area contributed by atoms with Gasteiger partial charge in [-0.2, -0.15) is 0 Å². The lowest BCUT2D eigenvalue weighted by Crippen LogP contribution is -2.22. The number of aryl methyl sites for hydroxylation is 2. The van der Waals surface area contributed by atoms with Crippen molar-refractivity contribution in [1.82, 2.24) is 0 Å². The van der Waals surface area contributed by atoms with E-state index in [4.69, 9.17) is 16.3 Å². The summed E-state index contributed by atoms with van der Waals surface area (Å²) in [5, 5.41) is 6.54. The third kappa shape index (κ3) is 4.62. The zero-order valence-corrected chi connectivity index (χ0v) is 15.5. The zero-order chi connectivity index (χ0) is 17.0. The van der Waals surface area contributed by atoms with E-state index in [2.05, 4.69) is 26.6 Å². The maximum atomic E-state index is 12.1. The van der Waals surface area contributed by atoms with Gasteiger partial charge in [-0.05, 0) is 43.2 Å². The SMILES string of the molecule is COc1cc(Cl)c(C)cc1NCC(=O)Nc1ccc(C)c(Br)c1. The van der Waals surface area contributed by atoms with E-state index in [9.17, 15) is 4.79 Å². The lowest BCUT2D eigenvalue weighted by atomic mass is 10.2. The molecule has 23 heavy (non-hydrogen) atoms. The Bertz CT molecular complexity index is 735. The van der Waals surface area contributed by atoms with Crippen LogP contribution >= 0.6 is 27.5 Å². The average molecular weight is 398 g/mol. The number of hydrogen-bond donors (Lipinski definition) is 2. The van der Waals surface area contributed by atoms with E-state index >= 15 is 0 Å². The van der Waals surface area contributed by atoms with Crippen LogP contribution in [0.2, 0.25) is 5.02 Å². The van der Waals surface area contributed by atoms with Gasteiger partial charge in [-0.15, -0.1) is 0 Å². The number of halogens is 2. The van der Waals surface area contributed by atoms with Crippen molar-refractivity contribution in [3.8, 4) is 5.75 Å². The van der Waals surface area contributed by atoms with E-state index in [0.29, 0.717) is 10.8 Å². The predicted molar refractivity (Wildman–Crippen MR) is 98.7 cm³/mol. The van der Waals surface area contributed by atoms with Gasteiger partial charge in [-0.25, -0.2) is 0 Å². The van der Waals surface area contributed by atoms with Gasteiger partial charge in [0.2, 0.25) is 5.91 Å². The number of anilines is 2. The van der Waals surface area contributed by atoms with E-state index in [-0.39, 0.29) is 12.5 Å². The normalized spacial score (nSPS) is 10.3. The Hall–Kier alpha value is -1.72. The van der Waals surface area contributed by atoms with Crippen LogP contribution in [0.25, 0.3) is 0 Å². The topological polar surface area (TPSA) is 50.4 Å². The fourth-order valence-corrected chi connectivity index (χ4v) is 2.55. The van der Waals surface area contributed by atoms with E-state index in [1.54, 1.807) is 13.2 Å². The van der Waals surface area contributed by atoms with Crippen molar-refractivity contribution >= 4 is 44.8 Å². The minimum absolute atomic E-state index is 0.128. The van der Waals surface area contributed by atoms with Crippen LogP contribution in [0.4, 0.5) is 11.4 Å². The molecule has 0 unspecified atom stereocenters. The van der Waals surface area contributed by atoms with Crippen LogP contribution in [0.5, 0.6) is 5.75 Å². The first-order chi connectivity index (χ1) is 10.9. The van der Waals surface area contributed by atoms with E-state index < -0.39 is 0 Å². The summed E-state index contributed by atoms with van der Waals surface area (Å²) in [4.78, 5) is 12.1. The minimum atomic E-state index is -0.143. The van der Waals surface area contributed by atoms with Gasteiger partial charge in [-0.1, -0.05) is 33.6 Å². The van der Waals surface area contributed by atoms with Gasteiger partial charge < -0.3 is 15.4 Å². The molecule has 0 aliphatic rings. The third-order valence-electron chi connectivity index (χ3n) is 3.38. The number of hydrogen-bond acceptors (Lipinski definition) is 3. The second kappa shape index (κ2) is 7.70. The Balaban J connectivity index is 2.01. The summed E-state index contributed by atoms with van der Waals surface area (Å²) < 4.78 is 6.23. The second-order valence-corrected chi connectivity index (χ2v) is 6.43. The molecule has 0 bridgehead atoms. The number of carbonyl (C=O) groups excluding carboxylic acids is 1. The molecule has 6 heteroatoms. The lowest BCUT2D eigenvalue weighted by molar-refractivity contribution is -0.114. The monoisotopic (exact) mass is 396 g/mol. The predicted octanol–water partition coefficient (Wildman–Crippen LogP) is 4.78. The van der Waals surface area contributed by atoms with Crippen molar-refractivity contribution in [2.24, 2.45) is 0 Å². The molecule has 0 saturated heterocycles. The Morgan fingerprint density at radius 1 is 1.22 bits per heavy atom. The van der Waals surface area contributed by atoms with Gasteiger partial charge in [0.1, 0.15) is 5.75 Å². The van der Waals surface area contributed by atoms with E-state index in [0.717, 1.165) is 27.0 Å². The summed E-state index contributed by atoms with van der Waals surface area (Å²) >= 11 is 9.52. The molecule has 4 nitrogen and oxygen atoms in total. The van der Waals surface area contributed by atoms with Crippen molar-refractivity contribution in [3.05, 3.63) is 51.0 Å². The van der Waals surface area contributed by atoms with Gasteiger partial charge in [0.05, 0.1) is 19.3 Å². The molecule has 2 aromatic carbocycles. The number of benzene rings is 2. The highest BCUT2D eigenvalue weighted by Crippen LogP contribution is 2.30. The first-order valence-corrected chi connectivity index (χ1v) is 8.22. The first kappa shape index (κ1) is 17.6. The van der Waals surface area contributed by atoms with Crippen LogP contribution in [0.1, 0.15) is 11.1 Å². The van der Waals surface area contributed by atoms with Crippen molar-refractivity contribution in [1.29, 1.82) is 0 Å². The summed E-state index contributed by atoms with van der Waals surface area (Å²) in [6, 6.07) is 9.27. The van der Waals surface area contributed by atoms with Crippen molar-refractivity contribution in [2.75, 3.05) is 24.3 Å². The number of amides is 1. The van der Waals surface area contributed by atoms with Gasteiger partial charge >= 0.3 is 0 Å². The second-order valence-electron chi connectivity index (χ2n) is 5.17. The first-order valence-electron chi connectivity index (χ1n) is 7.04. The van der Waals surface area contributed by atoms with Gasteiger partial charge in [0.15, 0.2) is 0 Å². The maximum Gasteiger partial charge on any atom is 0.243 e. The van der Waals surface area contributed by atoms with Gasteiger partial charge in [0, 0.05) is 21.2 Å². The fourth-order valence-electron chi connectivity index (χ4n) is 2.02. The fraction of sp³-hybridized carbons (Fsp3) is 0.235. The summed E-state index contributed by atoms with van der Waals surface area (Å²) in [7, 11) is 1.57. The molecule has 2 rings (SSSR count).